The summed E-state index contributed by atoms with van der Waals surface area (Å²) in [5.41, 5.74) is 1.25. The van der Waals surface area contributed by atoms with Gasteiger partial charge in [-0.25, -0.2) is 0 Å². The molecule has 0 amide bonds. The molecular formula is C14H24N2O2S. The van der Waals surface area contributed by atoms with Gasteiger partial charge in [-0.1, -0.05) is 13.8 Å². The van der Waals surface area contributed by atoms with Crippen molar-refractivity contribution in [2.24, 2.45) is 5.92 Å². The zero-order chi connectivity index (χ0) is 13.7. The maximum Gasteiger partial charge on any atom is 0.122 e. The Bertz CT molecular complexity index is 407. The van der Waals surface area contributed by atoms with Crippen LogP contribution >= 0.6 is 0 Å². The molecule has 2 heterocycles. The van der Waals surface area contributed by atoms with E-state index in [0.717, 1.165) is 50.0 Å². The molecule has 1 N–H and O–H groups in total. The van der Waals surface area contributed by atoms with Crippen LogP contribution < -0.4 is 5.32 Å². The number of nitrogens with zero attached hydrogens (tertiary/aromatic N) is 1. The van der Waals surface area contributed by atoms with Crippen molar-refractivity contribution in [3.63, 3.8) is 0 Å². The van der Waals surface area contributed by atoms with Crippen molar-refractivity contribution >= 4 is 10.8 Å². The standard InChI is InChI=1S/C14H24N2O2S/c1-12(2)9-15-10-14-13(3-6-18-14)11-16-4-7-19(17)8-5-16/h3,6,12,15H,4-5,7-11H2,1-2H3. The highest BCUT2D eigenvalue weighted by Crippen LogP contribution is 2.14. The third-order valence-corrected chi connectivity index (χ3v) is 4.62. The van der Waals surface area contributed by atoms with Gasteiger partial charge in [-0.15, -0.1) is 0 Å². The first-order chi connectivity index (χ1) is 9.15. The van der Waals surface area contributed by atoms with E-state index in [2.05, 4.69) is 30.1 Å². The second kappa shape index (κ2) is 7.22. The molecule has 0 saturated carbocycles. The highest BCUT2D eigenvalue weighted by Gasteiger charge is 2.17. The van der Waals surface area contributed by atoms with Gasteiger partial charge in [0.05, 0.1) is 12.8 Å². The van der Waals surface area contributed by atoms with Crippen LogP contribution in [0, 0.1) is 5.92 Å². The summed E-state index contributed by atoms with van der Waals surface area (Å²) < 4.78 is 16.9. The highest BCUT2D eigenvalue weighted by atomic mass is 32.2. The van der Waals surface area contributed by atoms with Crippen LogP contribution in [-0.4, -0.2) is 40.2 Å². The van der Waals surface area contributed by atoms with E-state index in [1.807, 2.05) is 0 Å². The van der Waals surface area contributed by atoms with Crippen molar-refractivity contribution in [1.82, 2.24) is 10.2 Å². The fourth-order valence-corrected chi connectivity index (χ4v) is 3.34. The maximum absolute atomic E-state index is 11.3. The molecule has 1 aromatic heterocycles. The topological polar surface area (TPSA) is 45.5 Å². The quantitative estimate of drug-likeness (QED) is 0.861. The molecule has 5 heteroatoms. The average molecular weight is 284 g/mol. The monoisotopic (exact) mass is 284 g/mol. The second-order valence-corrected chi connectivity index (χ2v) is 7.21. The van der Waals surface area contributed by atoms with Gasteiger partial charge in [-0.05, 0) is 18.5 Å². The SMILES string of the molecule is CC(C)CNCc1occc1CN1CCS(=O)CC1. The summed E-state index contributed by atoms with van der Waals surface area (Å²) in [4.78, 5) is 2.36. The lowest BCUT2D eigenvalue weighted by atomic mass is 10.2. The molecule has 0 spiro atoms. The zero-order valence-corrected chi connectivity index (χ0v) is 12.7. The second-order valence-electron chi connectivity index (χ2n) is 5.52. The number of hydrogen-bond donors (Lipinski definition) is 1. The normalized spacial score (nSPS) is 18.3. The molecule has 0 radical (unpaired) electrons. The predicted octanol–water partition coefficient (Wildman–Crippen LogP) is 1.59. The van der Waals surface area contributed by atoms with Crippen molar-refractivity contribution in [3.8, 4) is 0 Å². The molecule has 1 aromatic rings. The maximum atomic E-state index is 11.3. The van der Waals surface area contributed by atoms with E-state index in [1.165, 1.54) is 5.56 Å². The van der Waals surface area contributed by atoms with Crippen LogP contribution in [-0.2, 0) is 23.9 Å². The molecule has 108 valence electrons. The van der Waals surface area contributed by atoms with Crippen molar-refractivity contribution in [2.45, 2.75) is 26.9 Å². The molecule has 1 aliphatic rings. The average Bonchev–Trinajstić information content (AvgIpc) is 2.79. The lowest BCUT2D eigenvalue weighted by Gasteiger charge is -2.25. The molecule has 0 aromatic carbocycles. The molecule has 1 saturated heterocycles. The van der Waals surface area contributed by atoms with Crippen LogP contribution in [0.25, 0.3) is 0 Å². The summed E-state index contributed by atoms with van der Waals surface area (Å²) in [5.74, 6) is 3.29. The summed E-state index contributed by atoms with van der Waals surface area (Å²) in [6, 6.07) is 2.05. The van der Waals surface area contributed by atoms with Crippen molar-refractivity contribution < 1.29 is 8.63 Å². The van der Waals surface area contributed by atoms with Gasteiger partial charge in [0.25, 0.3) is 0 Å². The Morgan fingerprint density at radius 2 is 2.16 bits per heavy atom. The van der Waals surface area contributed by atoms with Gasteiger partial charge >= 0.3 is 0 Å². The van der Waals surface area contributed by atoms with E-state index in [1.54, 1.807) is 6.26 Å². The molecule has 19 heavy (non-hydrogen) atoms. The number of rotatable bonds is 6. The van der Waals surface area contributed by atoms with Gasteiger partial charge in [0, 0.05) is 47.5 Å². The van der Waals surface area contributed by atoms with Gasteiger partial charge < -0.3 is 9.73 Å². The van der Waals surface area contributed by atoms with Crippen LogP contribution in [0.3, 0.4) is 0 Å². The first-order valence-electron chi connectivity index (χ1n) is 6.98. The summed E-state index contributed by atoms with van der Waals surface area (Å²) in [7, 11) is -0.602. The highest BCUT2D eigenvalue weighted by molar-refractivity contribution is 7.85. The molecule has 1 aliphatic heterocycles. The van der Waals surface area contributed by atoms with Gasteiger partial charge in [0.15, 0.2) is 0 Å². The Kier molecular flexibility index (Phi) is 5.60. The summed E-state index contributed by atoms with van der Waals surface area (Å²) in [6.45, 7) is 8.95. The van der Waals surface area contributed by atoms with Crippen molar-refractivity contribution in [3.05, 3.63) is 23.7 Å². The fraction of sp³-hybridized carbons (Fsp3) is 0.714. The van der Waals surface area contributed by atoms with Crippen LogP contribution in [0.1, 0.15) is 25.2 Å². The molecule has 0 atom stereocenters. The first-order valence-corrected chi connectivity index (χ1v) is 8.47. The van der Waals surface area contributed by atoms with Crippen LogP contribution in [0.5, 0.6) is 0 Å². The zero-order valence-electron chi connectivity index (χ0n) is 11.9. The Labute approximate surface area is 118 Å². The van der Waals surface area contributed by atoms with Crippen LogP contribution in [0.2, 0.25) is 0 Å². The summed E-state index contributed by atoms with van der Waals surface area (Å²) in [6.07, 6.45) is 1.77. The van der Waals surface area contributed by atoms with Crippen LogP contribution in [0.15, 0.2) is 16.7 Å². The van der Waals surface area contributed by atoms with Crippen molar-refractivity contribution in [2.75, 3.05) is 31.1 Å². The Hall–Kier alpha value is -0.650. The molecule has 4 nitrogen and oxygen atoms in total. The minimum Gasteiger partial charge on any atom is -0.468 e. The summed E-state index contributed by atoms with van der Waals surface area (Å²) in [5, 5.41) is 3.41. The van der Waals surface area contributed by atoms with E-state index >= 15 is 0 Å². The van der Waals surface area contributed by atoms with E-state index in [4.69, 9.17) is 4.42 Å². The van der Waals surface area contributed by atoms with E-state index in [0.29, 0.717) is 5.92 Å². The summed E-state index contributed by atoms with van der Waals surface area (Å²) >= 11 is 0. The van der Waals surface area contributed by atoms with Crippen LogP contribution in [0.4, 0.5) is 0 Å². The van der Waals surface area contributed by atoms with Gasteiger partial charge in [0.2, 0.25) is 0 Å². The molecule has 1 fully saturated rings. The number of furan rings is 1. The Morgan fingerprint density at radius 3 is 2.84 bits per heavy atom. The van der Waals surface area contributed by atoms with E-state index < -0.39 is 10.8 Å². The van der Waals surface area contributed by atoms with E-state index in [-0.39, 0.29) is 0 Å². The van der Waals surface area contributed by atoms with Gasteiger partial charge in [-0.3, -0.25) is 9.11 Å². The van der Waals surface area contributed by atoms with E-state index in [9.17, 15) is 4.21 Å². The molecule has 0 bridgehead atoms. The smallest absolute Gasteiger partial charge is 0.122 e. The third-order valence-electron chi connectivity index (χ3n) is 3.34. The number of hydrogen-bond acceptors (Lipinski definition) is 4. The third kappa shape index (κ3) is 4.75. The minimum absolute atomic E-state index is 0.602. The lowest BCUT2D eigenvalue weighted by Crippen LogP contribution is -2.37. The Balaban J connectivity index is 1.83. The fourth-order valence-electron chi connectivity index (χ4n) is 2.21. The lowest BCUT2D eigenvalue weighted by molar-refractivity contribution is 0.288. The molecular weight excluding hydrogens is 260 g/mol. The van der Waals surface area contributed by atoms with Crippen molar-refractivity contribution in [1.29, 1.82) is 0 Å². The first kappa shape index (κ1) is 14.8. The van der Waals surface area contributed by atoms with Gasteiger partial charge in [-0.2, -0.15) is 0 Å². The molecule has 2 rings (SSSR count). The number of nitrogens with one attached hydrogen (secondary N) is 1. The van der Waals surface area contributed by atoms with Gasteiger partial charge in [0.1, 0.15) is 5.76 Å². The minimum atomic E-state index is -0.602. The molecule has 0 aliphatic carbocycles. The predicted molar refractivity (Wildman–Crippen MR) is 78.4 cm³/mol. The largest absolute Gasteiger partial charge is 0.468 e. The Morgan fingerprint density at radius 1 is 1.42 bits per heavy atom. The molecule has 0 unspecified atom stereocenters.